The van der Waals surface area contributed by atoms with E-state index in [1.165, 1.54) is 30.4 Å². The summed E-state index contributed by atoms with van der Waals surface area (Å²) in [6.45, 7) is 9.76. The Kier molecular flexibility index (Phi) is 5.62. The van der Waals surface area contributed by atoms with E-state index in [-0.39, 0.29) is 0 Å². The molecule has 1 aliphatic rings. The summed E-state index contributed by atoms with van der Waals surface area (Å²) in [5.41, 5.74) is 9.02. The first-order valence-electron chi connectivity index (χ1n) is 8.23. The molecule has 0 amide bonds. The van der Waals surface area contributed by atoms with Crippen LogP contribution in [0.3, 0.4) is 0 Å². The fraction of sp³-hybridized carbons (Fsp3) is 0.667. The summed E-state index contributed by atoms with van der Waals surface area (Å²) in [7, 11) is 0. The molecular weight excluding hydrogens is 244 g/mol. The topological polar surface area (TPSA) is 29.3 Å². The Morgan fingerprint density at radius 3 is 2.60 bits per heavy atom. The molecule has 20 heavy (non-hydrogen) atoms. The molecule has 112 valence electrons. The van der Waals surface area contributed by atoms with E-state index < -0.39 is 0 Å². The van der Waals surface area contributed by atoms with Gasteiger partial charge in [-0.3, -0.25) is 4.90 Å². The van der Waals surface area contributed by atoms with Crippen LogP contribution in [0.25, 0.3) is 0 Å². The maximum atomic E-state index is 6.10. The van der Waals surface area contributed by atoms with Gasteiger partial charge in [0.15, 0.2) is 0 Å². The monoisotopic (exact) mass is 274 g/mol. The van der Waals surface area contributed by atoms with Crippen LogP contribution in [-0.4, -0.2) is 24.5 Å². The van der Waals surface area contributed by atoms with E-state index in [4.69, 9.17) is 5.73 Å². The first-order valence-corrected chi connectivity index (χ1v) is 8.23. The van der Waals surface area contributed by atoms with Gasteiger partial charge in [0.1, 0.15) is 0 Å². The van der Waals surface area contributed by atoms with Crippen molar-refractivity contribution in [3.63, 3.8) is 0 Å². The quantitative estimate of drug-likeness (QED) is 0.778. The number of likely N-dealkylation sites (N-methyl/N-ethyl adjacent to an activating group) is 1. The predicted octanol–water partition coefficient (Wildman–Crippen LogP) is 3.93. The molecule has 1 saturated carbocycles. The summed E-state index contributed by atoms with van der Waals surface area (Å²) in [5, 5.41) is 0. The van der Waals surface area contributed by atoms with Crippen LogP contribution in [0.4, 0.5) is 0 Å². The fourth-order valence-corrected chi connectivity index (χ4v) is 2.94. The van der Waals surface area contributed by atoms with Crippen LogP contribution in [0.1, 0.15) is 63.1 Å². The highest BCUT2D eigenvalue weighted by Crippen LogP contribution is 2.40. The molecule has 2 N–H and O–H groups in total. The highest BCUT2D eigenvalue weighted by atomic mass is 15.2. The summed E-state index contributed by atoms with van der Waals surface area (Å²) >= 11 is 0. The molecule has 1 fully saturated rings. The maximum absolute atomic E-state index is 6.10. The van der Waals surface area contributed by atoms with Crippen LogP contribution < -0.4 is 5.73 Å². The van der Waals surface area contributed by atoms with E-state index in [2.05, 4.69) is 49.9 Å². The smallest absolute Gasteiger partial charge is 0.0470 e. The predicted molar refractivity (Wildman–Crippen MR) is 86.9 cm³/mol. The van der Waals surface area contributed by atoms with Gasteiger partial charge >= 0.3 is 0 Å². The van der Waals surface area contributed by atoms with E-state index in [1.807, 2.05) is 0 Å². The zero-order valence-corrected chi connectivity index (χ0v) is 13.3. The normalized spacial score (nSPS) is 18.2. The molecule has 0 aliphatic heterocycles. The highest BCUT2D eigenvalue weighted by molar-refractivity contribution is 5.31. The van der Waals surface area contributed by atoms with Crippen molar-refractivity contribution < 1.29 is 0 Å². The Morgan fingerprint density at radius 1 is 1.30 bits per heavy atom. The number of rotatable bonds is 8. The van der Waals surface area contributed by atoms with Crippen LogP contribution in [0.2, 0.25) is 0 Å². The fourth-order valence-electron chi connectivity index (χ4n) is 2.94. The molecule has 1 aromatic rings. The number of nitrogens with zero attached hydrogens (tertiary/aromatic N) is 1. The van der Waals surface area contributed by atoms with Crippen LogP contribution in [0.15, 0.2) is 24.3 Å². The van der Waals surface area contributed by atoms with Crippen LogP contribution in [0, 0.1) is 5.92 Å². The van der Waals surface area contributed by atoms with Crippen molar-refractivity contribution >= 4 is 0 Å². The van der Waals surface area contributed by atoms with Gasteiger partial charge in [0.05, 0.1) is 0 Å². The molecule has 2 nitrogen and oxygen atoms in total. The lowest BCUT2D eigenvalue weighted by atomic mass is 9.99. The SMILES string of the molecule is CCC(C)CN(CC)C(CN)c1cccc(C2CC2)c1. The lowest BCUT2D eigenvalue weighted by Gasteiger charge is -2.32. The Labute approximate surface area is 124 Å². The average molecular weight is 274 g/mol. The zero-order chi connectivity index (χ0) is 14.5. The molecule has 2 heteroatoms. The van der Waals surface area contributed by atoms with Gasteiger partial charge in [-0.25, -0.2) is 0 Å². The van der Waals surface area contributed by atoms with Crippen molar-refractivity contribution in [3.05, 3.63) is 35.4 Å². The second-order valence-electron chi connectivity index (χ2n) is 6.30. The minimum atomic E-state index is 0.368. The third-order valence-electron chi connectivity index (χ3n) is 4.66. The third-order valence-corrected chi connectivity index (χ3v) is 4.66. The lowest BCUT2D eigenvalue weighted by Crippen LogP contribution is -2.36. The number of benzene rings is 1. The van der Waals surface area contributed by atoms with E-state index >= 15 is 0 Å². The molecule has 2 atom stereocenters. The number of hydrogen-bond acceptors (Lipinski definition) is 2. The van der Waals surface area contributed by atoms with E-state index in [1.54, 1.807) is 0 Å². The van der Waals surface area contributed by atoms with Crippen molar-refractivity contribution in [2.24, 2.45) is 11.7 Å². The van der Waals surface area contributed by atoms with Gasteiger partial charge in [0.25, 0.3) is 0 Å². The first kappa shape index (κ1) is 15.5. The molecule has 0 heterocycles. The van der Waals surface area contributed by atoms with Crippen molar-refractivity contribution in [2.75, 3.05) is 19.6 Å². The summed E-state index contributed by atoms with van der Waals surface area (Å²) in [5.74, 6) is 1.55. The molecule has 0 aromatic heterocycles. The van der Waals surface area contributed by atoms with E-state index in [9.17, 15) is 0 Å². The van der Waals surface area contributed by atoms with Crippen LogP contribution >= 0.6 is 0 Å². The van der Waals surface area contributed by atoms with Gasteiger partial charge in [0.2, 0.25) is 0 Å². The second kappa shape index (κ2) is 7.24. The van der Waals surface area contributed by atoms with Crippen molar-refractivity contribution in [1.82, 2.24) is 4.90 Å². The van der Waals surface area contributed by atoms with Gasteiger partial charge in [-0.1, -0.05) is 51.5 Å². The van der Waals surface area contributed by atoms with Gasteiger partial charge in [0, 0.05) is 19.1 Å². The van der Waals surface area contributed by atoms with Crippen LogP contribution in [0.5, 0.6) is 0 Å². The Hall–Kier alpha value is -0.860. The summed E-state index contributed by atoms with van der Waals surface area (Å²) in [6.07, 6.45) is 3.96. The number of hydrogen-bond donors (Lipinski definition) is 1. The van der Waals surface area contributed by atoms with Crippen molar-refractivity contribution in [1.29, 1.82) is 0 Å². The van der Waals surface area contributed by atoms with Gasteiger partial charge in [-0.2, -0.15) is 0 Å². The third kappa shape index (κ3) is 3.83. The largest absolute Gasteiger partial charge is 0.329 e. The van der Waals surface area contributed by atoms with E-state index in [0.29, 0.717) is 12.6 Å². The number of nitrogens with two attached hydrogens (primary N) is 1. The Bertz CT molecular complexity index is 412. The summed E-state index contributed by atoms with van der Waals surface area (Å²) < 4.78 is 0. The molecular formula is C18H30N2. The van der Waals surface area contributed by atoms with Crippen molar-refractivity contribution in [2.45, 2.75) is 52.0 Å². The van der Waals surface area contributed by atoms with Gasteiger partial charge in [-0.15, -0.1) is 0 Å². The molecule has 0 bridgehead atoms. The molecule has 0 spiro atoms. The Balaban J connectivity index is 2.14. The summed E-state index contributed by atoms with van der Waals surface area (Å²) in [4.78, 5) is 2.54. The first-order chi connectivity index (χ1) is 9.69. The van der Waals surface area contributed by atoms with Gasteiger partial charge < -0.3 is 5.73 Å². The molecule has 0 saturated heterocycles. The maximum Gasteiger partial charge on any atom is 0.0470 e. The highest BCUT2D eigenvalue weighted by Gasteiger charge is 2.25. The minimum Gasteiger partial charge on any atom is -0.329 e. The van der Waals surface area contributed by atoms with E-state index in [0.717, 1.165) is 24.9 Å². The lowest BCUT2D eigenvalue weighted by molar-refractivity contribution is 0.182. The van der Waals surface area contributed by atoms with Crippen molar-refractivity contribution in [3.8, 4) is 0 Å². The second-order valence-corrected chi connectivity index (χ2v) is 6.30. The average Bonchev–Trinajstić information content (AvgIpc) is 3.31. The molecule has 2 rings (SSSR count). The zero-order valence-electron chi connectivity index (χ0n) is 13.3. The standard InChI is InChI=1S/C18H30N2/c1-4-14(3)13-20(5-2)18(12-19)17-8-6-7-16(11-17)15-9-10-15/h6-8,11,14-15,18H,4-5,9-10,12-13,19H2,1-3H3. The molecule has 2 unspecified atom stereocenters. The molecule has 1 aromatic carbocycles. The minimum absolute atomic E-state index is 0.368. The Morgan fingerprint density at radius 2 is 2.05 bits per heavy atom. The van der Waals surface area contributed by atoms with Crippen LogP contribution in [-0.2, 0) is 0 Å². The summed E-state index contributed by atoms with van der Waals surface area (Å²) in [6, 6.07) is 9.51. The molecule has 1 aliphatic carbocycles. The van der Waals surface area contributed by atoms with Gasteiger partial charge in [-0.05, 0) is 42.3 Å². The molecule has 0 radical (unpaired) electrons.